The molecule has 1 aromatic rings. The van der Waals surface area contributed by atoms with E-state index in [2.05, 4.69) is 16.0 Å². The topological polar surface area (TPSA) is 79.5 Å². The van der Waals surface area contributed by atoms with Gasteiger partial charge in [0.1, 0.15) is 0 Å². The van der Waals surface area contributed by atoms with E-state index in [9.17, 15) is 9.59 Å². The van der Waals surface area contributed by atoms with E-state index in [1.54, 1.807) is 7.11 Å². The second kappa shape index (κ2) is 12.8. The third-order valence-corrected chi connectivity index (χ3v) is 3.06. The van der Waals surface area contributed by atoms with Crippen LogP contribution in [0.5, 0.6) is 0 Å². The fraction of sp³-hybridized carbons (Fsp3) is 0.529. The van der Waals surface area contributed by atoms with Gasteiger partial charge in [-0.05, 0) is 23.6 Å². The molecule has 24 heavy (non-hydrogen) atoms. The number of halogens is 1. The number of nitrogens with one attached hydrogen (secondary N) is 3. The van der Waals surface area contributed by atoms with Gasteiger partial charge in [-0.15, -0.1) is 12.4 Å². The first-order valence-corrected chi connectivity index (χ1v) is 7.86. The molecule has 0 saturated carbocycles. The van der Waals surface area contributed by atoms with E-state index in [-0.39, 0.29) is 30.8 Å². The average molecular weight is 358 g/mol. The van der Waals surface area contributed by atoms with Crippen molar-refractivity contribution in [1.29, 1.82) is 0 Å². The number of carbonyl (C=O) groups is 2. The highest BCUT2D eigenvalue weighted by molar-refractivity contribution is 5.90. The minimum Gasteiger partial charge on any atom is -0.383 e. The first kappa shape index (κ1) is 22.4. The fourth-order valence-corrected chi connectivity index (χ4v) is 1.98. The van der Waals surface area contributed by atoms with Crippen LogP contribution in [-0.4, -0.2) is 38.6 Å². The van der Waals surface area contributed by atoms with E-state index >= 15 is 0 Å². The van der Waals surface area contributed by atoms with Crippen molar-refractivity contribution in [2.45, 2.75) is 26.8 Å². The number of benzene rings is 1. The van der Waals surface area contributed by atoms with Crippen LogP contribution in [-0.2, 0) is 20.9 Å². The molecule has 6 nitrogen and oxygen atoms in total. The molecule has 136 valence electrons. The van der Waals surface area contributed by atoms with Gasteiger partial charge in [0.25, 0.3) is 0 Å². The van der Waals surface area contributed by atoms with Crippen molar-refractivity contribution < 1.29 is 14.3 Å². The molecule has 0 saturated heterocycles. The van der Waals surface area contributed by atoms with Crippen molar-refractivity contribution in [3.8, 4) is 0 Å². The molecule has 0 unspecified atom stereocenters. The van der Waals surface area contributed by atoms with Crippen molar-refractivity contribution in [1.82, 2.24) is 10.6 Å². The largest absolute Gasteiger partial charge is 0.383 e. The highest BCUT2D eigenvalue weighted by Crippen LogP contribution is 2.12. The molecule has 0 atom stereocenters. The van der Waals surface area contributed by atoms with Crippen LogP contribution in [0.25, 0.3) is 0 Å². The van der Waals surface area contributed by atoms with E-state index < -0.39 is 0 Å². The second-order valence-corrected chi connectivity index (χ2v) is 5.79. The lowest BCUT2D eigenvalue weighted by Gasteiger charge is -2.10. The molecule has 1 rings (SSSR count). The van der Waals surface area contributed by atoms with Crippen LogP contribution < -0.4 is 16.0 Å². The highest BCUT2D eigenvalue weighted by Gasteiger charge is 2.06. The SMILES string of the molecule is COCCNCC(=O)NCc1cccc(NC(=O)CC(C)C)c1.Cl. The lowest BCUT2D eigenvalue weighted by atomic mass is 10.1. The van der Waals surface area contributed by atoms with Crippen LogP contribution in [0.3, 0.4) is 0 Å². The molecule has 0 spiro atoms. The van der Waals surface area contributed by atoms with Crippen molar-refractivity contribution in [2.75, 3.05) is 32.1 Å². The molecule has 0 bridgehead atoms. The van der Waals surface area contributed by atoms with Gasteiger partial charge >= 0.3 is 0 Å². The van der Waals surface area contributed by atoms with E-state index in [1.807, 2.05) is 38.1 Å². The maximum Gasteiger partial charge on any atom is 0.234 e. The summed E-state index contributed by atoms with van der Waals surface area (Å²) in [4.78, 5) is 23.5. The number of hydrogen-bond donors (Lipinski definition) is 3. The summed E-state index contributed by atoms with van der Waals surface area (Å²) >= 11 is 0. The van der Waals surface area contributed by atoms with Gasteiger partial charge < -0.3 is 20.7 Å². The number of carbonyl (C=O) groups excluding carboxylic acids is 2. The summed E-state index contributed by atoms with van der Waals surface area (Å²) in [6.45, 7) is 5.91. The highest BCUT2D eigenvalue weighted by atomic mass is 35.5. The van der Waals surface area contributed by atoms with Gasteiger partial charge in [0.2, 0.25) is 11.8 Å². The number of hydrogen-bond acceptors (Lipinski definition) is 4. The Morgan fingerprint density at radius 3 is 2.62 bits per heavy atom. The average Bonchev–Trinajstić information content (AvgIpc) is 2.49. The quantitative estimate of drug-likeness (QED) is 0.559. The summed E-state index contributed by atoms with van der Waals surface area (Å²) in [5.41, 5.74) is 1.69. The normalized spacial score (nSPS) is 10.2. The van der Waals surface area contributed by atoms with Crippen molar-refractivity contribution >= 4 is 29.9 Å². The molecule has 1 aromatic carbocycles. The Bertz CT molecular complexity index is 510. The molecule has 0 aliphatic heterocycles. The summed E-state index contributed by atoms with van der Waals surface area (Å²) in [6.07, 6.45) is 0.494. The predicted octanol–water partition coefficient (Wildman–Crippen LogP) is 1.95. The Morgan fingerprint density at radius 2 is 1.96 bits per heavy atom. The second-order valence-electron chi connectivity index (χ2n) is 5.79. The maximum absolute atomic E-state index is 11.8. The van der Waals surface area contributed by atoms with Crippen LogP contribution in [0, 0.1) is 5.92 Å². The smallest absolute Gasteiger partial charge is 0.234 e. The van der Waals surface area contributed by atoms with Crippen molar-refractivity contribution in [3.63, 3.8) is 0 Å². The van der Waals surface area contributed by atoms with Gasteiger partial charge in [-0.3, -0.25) is 9.59 Å². The summed E-state index contributed by atoms with van der Waals surface area (Å²) in [5, 5.41) is 8.69. The molecule has 3 N–H and O–H groups in total. The summed E-state index contributed by atoms with van der Waals surface area (Å²) in [6, 6.07) is 7.49. The van der Waals surface area contributed by atoms with E-state index in [0.29, 0.717) is 32.0 Å². The van der Waals surface area contributed by atoms with Crippen LogP contribution in [0.4, 0.5) is 5.69 Å². The number of methoxy groups -OCH3 is 1. The third-order valence-electron chi connectivity index (χ3n) is 3.06. The van der Waals surface area contributed by atoms with Crippen molar-refractivity contribution in [2.24, 2.45) is 5.92 Å². The first-order chi connectivity index (χ1) is 11.0. The molecule has 0 aliphatic carbocycles. The Balaban J connectivity index is 0.00000529. The zero-order chi connectivity index (χ0) is 17.1. The van der Waals surface area contributed by atoms with Gasteiger partial charge in [-0.25, -0.2) is 0 Å². The lowest BCUT2D eigenvalue weighted by Crippen LogP contribution is -2.34. The third kappa shape index (κ3) is 10.2. The maximum atomic E-state index is 11.8. The monoisotopic (exact) mass is 357 g/mol. The summed E-state index contributed by atoms with van der Waals surface area (Å²) < 4.78 is 4.89. The Morgan fingerprint density at radius 1 is 1.21 bits per heavy atom. The molecule has 0 heterocycles. The van der Waals surface area contributed by atoms with Crippen LogP contribution in [0.2, 0.25) is 0 Å². The predicted molar refractivity (Wildman–Crippen MR) is 98.4 cm³/mol. The van der Waals surface area contributed by atoms with Gasteiger partial charge in [0.15, 0.2) is 0 Å². The van der Waals surface area contributed by atoms with Gasteiger partial charge in [0.05, 0.1) is 13.2 Å². The van der Waals surface area contributed by atoms with Gasteiger partial charge in [-0.1, -0.05) is 26.0 Å². The molecular weight excluding hydrogens is 330 g/mol. The standard InChI is InChI=1S/C17H27N3O3.ClH/c1-13(2)9-16(21)20-15-6-4-5-14(10-15)11-19-17(22)12-18-7-8-23-3;/h4-6,10,13,18H,7-9,11-12H2,1-3H3,(H,19,22)(H,20,21);1H. The Hall–Kier alpha value is -1.63. The van der Waals surface area contributed by atoms with Crippen LogP contribution in [0.1, 0.15) is 25.8 Å². The van der Waals surface area contributed by atoms with Crippen LogP contribution in [0.15, 0.2) is 24.3 Å². The molecule has 0 radical (unpaired) electrons. The lowest BCUT2D eigenvalue weighted by molar-refractivity contribution is -0.120. The number of amides is 2. The number of ether oxygens (including phenoxy) is 1. The minimum atomic E-state index is -0.0738. The summed E-state index contributed by atoms with van der Waals surface area (Å²) in [7, 11) is 1.62. The van der Waals surface area contributed by atoms with Gasteiger partial charge in [0, 0.05) is 32.3 Å². The molecule has 2 amide bonds. The van der Waals surface area contributed by atoms with E-state index in [1.165, 1.54) is 0 Å². The molecular formula is C17H28ClN3O3. The van der Waals surface area contributed by atoms with Gasteiger partial charge in [-0.2, -0.15) is 0 Å². The van der Waals surface area contributed by atoms with E-state index in [0.717, 1.165) is 11.3 Å². The Kier molecular flexibility index (Phi) is 11.9. The molecule has 0 aliphatic rings. The first-order valence-electron chi connectivity index (χ1n) is 7.86. The summed E-state index contributed by atoms with van der Waals surface area (Å²) in [5.74, 6) is 0.252. The minimum absolute atomic E-state index is 0. The van der Waals surface area contributed by atoms with E-state index in [4.69, 9.17) is 4.74 Å². The van der Waals surface area contributed by atoms with Crippen LogP contribution >= 0.6 is 12.4 Å². The molecule has 7 heteroatoms. The zero-order valence-electron chi connectivity index (χ0n) is 14.6. The van der Waals surface area contributed by atoms with Crippen molar-refractivity contribution in [3.05, 3.63) is 29.8 Å². The fourth-order valence-electron chi connectivity index (χ4n) is 1.98. The molecule has 0 aromatic heterocycles. The number of rotatable bonds is 10. The molecule has 0 fully saturated rings. The Labute approximate surface area is 150 Å². The zero-order valence-corrected chi connectivity index (χ0v) is 15.4. The number of anilines is 1.